The van der Waals surface area contributed by atoms with Crippen molar-refractivity contribution in [2.75, 3.05) is 13.1 Å². The number of carbonyl (C=O) groups excluding carboxylic acids is 1. The predicted molar refractivity (Wildman–Crippen MR) is 74.4 cm³/mol. The molecule has 0 aromatic rings. The zero-order chi connectivity index (χ0) is 12.8. The summed E-state index contributed by atoms with van der Waals surface area (Å²) in [7, 11) is 0. The molecule has 3 nitrogen and oxygen atoms in total. The van der Waals surface area contributed by atoms with Gasteiger partial charge in [-0.05, 0) is 57.0 Å². The average Bonchev–Trinajstić information content (AvgIpc) is 2.79. The van der Waals surface area contributed by atoms with Gasteiger partial charge in [-0.25, -0.2) is 0 Å². The topological polar surface area (TPSA) is 41.1 Å². The lowest BCUT2D eigenvalue weighted by Crippen LogP contribution is -2.34. The maximum Gasteiger partial charge on any atom is 0.220 e. The Hall–Kier alpha value is -0.570. The van der Waals surface area contributed by atoms with Crippen LogP contribution < -0.4 is 10.6 Å². The van der Waals surface area contributed by atoms with Crippen molar-refractivity contribution in [1.82, 2.24) is 10.6 Å². The summed E-state index contributed by atoms with van der Waals surface area (Å²) in [6, 6.07) is 0.448. The van der Waals surface area contributed by atoms with E-state index in [9.17, 15) is 4.79 Å². The van der Waals surface area contributed by atoms with Crippen LogP contribution in [0, 0.1) is 11.8 Å². The number of rotatable bonds is 4. The van der Waals surface area contributed by atoms with E-state index in [2.05, 4.69) is 17.6 Å². The zero-order valence-corrected chi connectivity index (χ0v) is 11.7. The Bertz CT molecular complexity index is 261. The van der Waals surface area contributed by atoms with Gasteiger partial charge in [-0.1, -0.05) is 19.8 Å². The summed E-state index contributed by atoms with van der Waals surface area (Å²) in [5, 5.41) is 6.60. The third-order valence-electron chi connectivity index (χ3n) is 4.56. The van der Waals surface area contributed by atoms with Gasteiger partial charge in [0.15, 0.2) is 0 Å². The smallest absolute Gasteiger partial charge is 0.220 e. The Kier molecular flexibility index (Phi) is 5.48. The predicted octanol–water partition coefficient (Wildman–Crippen LogP) is 2.46. The van der Waals surface area contributed by atoms with Crippen molar-refractivity contribution < 1.29 is 4.79 Å². The molecule has 1 saturated heterocycles. The third kappa shape index (κ3) is 4.60. The third-order valence-corrected chi connectivity index (χ3v) is 4.56. The molecule has 1 heterocycles. The van der Waals surface area contributed by atoms with Crippen LogP contribution in [-0.2, 0) is 4.79 Å². The maximum absolute atomic E-state index is 11.9. The Morgan fingerprint density at radius 3 is 2.89 bits per heavy atom. The summed E-state index contributed by atoms with van der Waals surface area (Å²) in [5.41, 5.74) is 0. The number of hydrogen-bond donors (Lipinski definition) is 2. The summed E-state index contributed by atoms with van der Waals surface area (Å²) >= 11 is 0. The van der Waals surface area contributed by atoms with Gasteiger partial charge in [0, 0.05) is 12.5 Å². The molecule has 1 aliphatic carbocycles. The molecule has 3 atom stereocenters. The van der Waals surface area contributed by atoms with Crippen LogP contribution in [0.3, 0.4) is 0 Å². The highest BCUT2D eigenvalue weighted by Crippen LogP contribution is 2.23. The molecule has 0 spiro atoms. The molecule has 0 radical (unpaired) electrons. The van der Waals surface area contributed by atoms with Crippen molar-refractivity contribution in [2.24, 2.45) is 11.8 Å². The van der Waals surface area contributed by atoms with E-state index >= 15 is 0 Å². The van der Waals surface area contributed by atoms with Gasteiger partial charge < -0.3 is 10.6 Å². The van der Waals surface area contributed by atoms with E-state index in [1.54, 1.807) is 0 Å². The lowest BCUT2D eigenvalue weighted by Gasteiger charge is -2.17. The summed E-state index contributed by atoms with van der Waals surface area (Å²) in [6.07, 6.45) is 9.27. The molecule has 2 rings (SSSR count). The first-order valence-corrected chi connectivity index (χ1v) is 7.74. The van der Waals surface area contributed by atoms with Crippen molar-refractivity contribution in [3.63, 3.8) is 0 Å². The number of nitrogens with one attached hydrogen (secondary N) is 2. The summed E-state index contributed by atoms with van der Waals surface area (Å²) in [6.45, 7) is 4.57. The van der Waals surface area contributed by atoms with Crippen LogP contribution in [0.15, 0.2) is 0 Å². The first kappa shape index (κ1) is 13.9. The first-order chi connectivity index (χ1) is 8.74. The van der Waals surface area contributed by atoms with Crippen molar-refractivity contribution in [1.29, 1.82) is 0 Å². The van der Waals surface area contributed by atoms with Crippen LogP contribution in [0.5, 0.6) is 0 Å². The van der Waals surface area contributed by atoms with E-state index in [-0.39, 0.29) is 5.91 Å². The van der Waals surface area contributed by atoms with E-state index in [4.69, 9.17) is 0 Å². The number of amides is 1. The molecule has 1 amide bonds. The average molecular weight is 252 g/mol. The maximum atomic E-state index is 11.9. The minimum Gasteiger partial charge on any atom is -0.353 e. The Labute approximate surface area is 111 Å². The van der Waals surface area contributed by atoms with Crippen molar-refractivity contribution in [3.8, 4) is 0 Å². The fraction of sp³-hybridized carbons (Fsp3) is 0.933. The van der Waals surface area contributed by atoms with E-state index in [0.717, 1.165) is 37.8 Å². The van der Waals surface area contributed by atoms with Gasteiger partial charge in [0.25, 0.3) is 0 Å². The van der Waals surface area contributed by atoms with Crippen molar-refractivity contribution in [3.05, 3.63) is 0 Å². The summed E-state index contributed by atoms with van der Waals surface area (Å²) in [5.74, 6) is 1.85. The molecule has 2 N–H and O–H groups in total. The highest BCUT2D eigenvalue weighted by Gasteiger charge is 2.19. The van der Waals surface area contributed by atoms with Gasteiger partial charge >= 0.3 is 0 Å². The molecular formula is C15H28N2O. The molecular weight excluding hydrogens is 224 g/mol. The van der Waals surface area contributed by atoms with E-state index < -0.39 is 0 Å². The molecule has 3 unspecified atom stereocenters. The van der Waals surface area contributed by atoms with E-state index in [1.807, 2.05) is 0 Å². The van der Waals surface area contributed by atoms with Crippen LogP contribution in [-0.4, -0.2) is 25.0 Å². The standard InChI is InChI=1S/C15H28N2O/c1-12-3-2-4-14(7-5-12)17-15(18)8-6-13-9-10-16-11-13/h12-14,16H,2-11H2,1H3,(H,17,18). The molecule has 0 aromatic carbocycles. The molecule has 18 heavy (non-hydrogen) atoms. The minimum atomic E-state index is 0.279. The fourth-order valence-corrected chi connectivity index (χ4v) is 3.23. The summed E-state index contributed by atoms with van der Waals surface area (Å²) in [4.78, 5) is 11.9. The molecule has 2 fully saturated rings. The minimum absolute atomic E-state index is 0.279. The van der Waals surface area contributed by atoms with Crippen molar-refractivity contribution >= 4 is 5.91 Å². The highest BCUT2D eigenvalue weighted by molar-refractivity contribution is 5.76. The van der Waals surface area contributed by atoms with Crippen LogP contribution in [0.25, 0.3) is 0 Å². The Morgan fingerprint density at radius 1 is 1.22 bits per heavy atom. The molecule has 104 valence electrons. The van der Waals surface area contributed by atoms with Gasteiger partial charge in [0.05, 0.1) is 0 Å². The summed E-state index contributed by atoms with van der Waals surface area (Å²) < 4.78 is 0. The van der Waals surface area contributed by atoms with Gasteiger partial charge in [0.2, 0.25) is 5.91 Å². The van der Waals surface area contributed by atoms with Gasteiger partial charge in [-0.2, -0.15) is 0 Å². The molecule has 0 aromatic heterocycles. The van der Waals surface area contributed by atoms with Gasteiger partial charge in [0.1, 0.15) is 0 Å². The molecule has 2 aliphatic rings. The second kappa shape index (κ2) is 7.13. The monoisotopic (exact) mass is 252 g/mol. The van der Waals surface area contributed by atoms with Gasteiger partial charge in [-0.3, -0.25) is 4.79 Å². The largest absolute Gasteiger partial charge is 0.353 e. The van der Waals surface area contributed by atoms with Crippen LogP contribution in [0.4, 0.5) is 0 Å². The first-order valence-electron chi connectivity index (χ1n) is 7.74. The van der Waals surface area contributed by atoms with Crippen molar-refractivity contribution in [2.45, 2.75) is 64.3 Å². The fourth-order valence-electron chi connectivity index (χ4n) is 3.23. The highest BCUT2D eigenvalue weighted by atomic mass is 16.1. The molecule has 3 heteroatoms. The van der Waals surface area contributed by atoms with E-state index in [0.29, 0.717) is 6.04 Å². The lowest BCUT2D eigenvalue weighted by molar-refractivity contribution is -0.122. The number of carbonyl (C=O) groups is 1. The van der Waals surface area contributed by atoms with E-state index in [1.165, 1.54) is 38.5 Å². The van der Waals surface area contributed by atoms with Gasteiger partial charge in [-0.15, -0.1) is 0 Å². The van der Waals surface area contributed by atoms with Crippen LogP contribution in [0.1, 0.15) is 58.3 Å². The molecule has 0 bridgehead atoms. The Balaban J connectivity index is 1.63. The quantitative estimate of drug-likeness (QED) is 0.755. The zero-order valence-electron chi connectivity index (χ0n) is 11.7. The molecule has 1 saturated carbocycles. The van der Waals surface area contributed by atoms with Crippen LogP contribution >= 0.6 is 0 Å². The number of hydrogen-bond acceptors (Lipinski definition) is 2. The SMILES string of the molecule is CC1CCCC(NC(=O)CCC2CCNC2)CC1. The normalized spacial score (nSPS) is 33.1. The van der Waals surface area contributed by atoms with Crippen LogP contribution in [0.2, 0.25) is 0 Å². The lowest BCUT2D eigenvalue weighted by atomic mass is 10.0. The Morgan fingerprint density at radius 2 is 2.11 bits per heavy atom. The second-order valence-electron chi connectivity index (χ2n) is 6.28. The molecule has 1 aliphatic heterocycles. The second-order valence-corrected chi connectivity index (χ2v) is 6.28.